The van der Waals surface area contributed by atoms with Crippen LogP contribution >= 0.6 is 11.3 Å². The maximum atomic E-state index is 4.41. The highest BCUT2D eigenvalue weighted by Gasteiger charge is 2.28. The summed E-state index contributed by atoms with van der Waals surface area (Å²) in [4.78, 5) is 9.45. The molecule has 0 aliphatic carbocycles. The molecule has 1 aliphatic rings. The highest BCUT2D eigenvalue weighted by atomic mass is 32.1. The molecule has 114 valence electrons. The van der Waals surface area contributed by atoms with Gasteiger partial charge in [-0.1, -0.05) is 20.3 Å². The summed E-state index contributed by atoms with van der Waals surface area (Å²) >= 11 is 1.75. The van der Waals surface area contributed by atoms with E-state index in [2.05, 4.69) is 46.4 Å². The van der Waals surface area contributed by atoms with Gasteiger partial charge in [-0.3, -0.25) is 4.90 Å². The summed E-state index contributed by atoms with van der Waals surface area (Å²) in [5.41, 5.74) is 0.396. The maximum Gasteiger partial charge on any atom is 0.185 e. The van der Waals surface area contributed by atoms with E-state index in [1.807, 2.05) is 6.20 Å². The Hall–Kier alpha value is -0.650. The fourth-order valence-corrected chi connectivity index (χ4v) is 3.96. The number of piperazine rings is 1. The van der Waals surface area contributed by atoms with Crippen LogP contribution in [0, 0.1) is 5.41 Å². The molecule has 2 rings (SSSR count). The first-order chi connectivity index (χ1) is 9.67. The summed E-state index contributed by atoms with van der Waals surface area (Å²) in [5, 5.41) is 6.61. The molecule has 0 bridgehead atoms. The van der Waals surface area contributed by atoms with Gasteiger partial charge in [0.2, 0.25) is 0 Å². The van der Waals surface area contributed by atoms with Crippen LogP contribution in [0.1, 0.15) is 26.7 Å². The van der Waals surface area contributed by atoms with Gasteiger partial charge in [-0.15, -0.1) is 11.3 Å². The van der Waals surface area contributed by atoms with Crippen molar-refractivity contribution in [1.82, 2.24) is 15.2 Å². The number of anilines is 1. The molecule has 1 aromatic heterocycles. The van der Waals surface area contributed by atoms with Crippen molar-refractivity contribution in [2.45, 2.75) is 26.7 Å². The summed E-state index contributed by atoms with van der Waals surface area (Å²) in [5.74, 6) is 0. The Morgan fingerprint density at radius 3 is 2.65 bits per heavy atom. The zero-order valence-electron chi connectivity index (χ0n) is 13.1. The number of aromatic nitrogens is 1. The summed E-state index contributed by atoms with van der Waals surface area (Å²) in [6.45, 7) is 11.5. The van der Waals surface area contributed by atoms with Crippen molar-refractivity contribution in [2.75, 3.05) is 51.2 Å². The molecule has 2 heterocycles. The monoisotopic (exact) mass is 296 g/mol. The fourth-order valence-electron chi connectivity index (χ4n) is 3.26. The predicted molar refractivity (Wildman–Crippen MR) is 87.7 cm³/mol. The Balaban J connectivity index is 1.83. The average Bonchev–Trinajstić information content (AvgIpc) is 2.94. The highest BCUT2D eigenvalue weighted by Crippen LogP contribution is 2.25. The van der Waals surface area contributed by atoms with E-state index < -0.39 is 0 Å². The van der Waals surface area contributed by atoms with Crippen LogP contribution in [0.5, 0.6) is 0 Å². The topological polar surface area (TPSA) is 31.4 Å². The number of rotatable bonds is 7. The number of nitrogens with one attached hydrogen (secondary N) is 1. The van der Waals surface area contributed by atoms with Gasteiger partial charge in [0.25, 0.3) is 0 Å². The van der Waals surface area contributed by atoms with Crippen LogP contribution in [-0.2, 0) is 0 Å². The maximum absolute atomic E-state index is 4.41. The summed E-state index contributed by atoms with van der Waals surface area (Å²) in [6, 6.07) is 0. The van der Waals surface area contributed by atoms with Gasteiger partial charge in [0.1, 0.15) is 0 Å². The second-order valence-electron chi connectivity index (χ2n) is 6.17. The van der Waals surface area contributed by atoms with Gasteiger partial charge >= 0.3 is 0 Å². The van der Waals surface area contributed by atoms with Gasteiger partial charge in [-0.25, -0.2) is 4.98 Å². The lowest BCUT2D eigenvalue weighted by Crippen LogP contribution is -2.51. The van der Waals surface area contributed by atoms with Crippen LogP contribution in [-0.4, -0.2) is 56.2 Å². The van der Waals surface area contributed by atoms with E-state index in [0.717, 1.165) is 32.7 Å². The van der Waals surface area contributed by atoms with Crippen LogP contribution < -0.4 is 10.2 Å². The molecular weight excluding hydrogens is 268 g/mol. The lowest BCUT2D eigenvalue weighted by Gasteiger charge is -2.40. The van der Waals surface area contributed by atoms with Crippen molar-refractivity contribution in [1.29, 1.82) is 0 Å². The molecule has 0 amide bonds. The van der Waals surface area contributed by atoms with E-state index >= 15 is 0 Å². The molecule has 1 fully saturated rings. The Bertz CT molecular complexity index is 365. The smallest absolute Gasteiger partial charge is 0.185 e. The van der Waals surface area contributed by atoms with E-state index in [1.165, 1.54) is 24.5 Å². The quantitative estimate of drug-likeness (QED) is 0.836. The number of nitrogens with zero attached hydrogens (tertiary/aromatic N) is 3. The minimum atomic E-state index is 0.396. The second-order valence-corrected chi connectivity index (χ2v) is 7.04. The molecule has 0 saturated carbocycles. The van der Waals surface area contributed by atoms with E-state index in [4.69, 9.17) is 0 Å². The molecule has 0 aromatic carbocycles. The average molecular weight is 296 g/mol. The zero-order valence-corrected chi connectivity index (χ0v) is 13.9. The lowest BCUT2D eigenvalue weighted by molar-refractivity contribution is 0.145. The highest BCUT2D eigenvalue weighted by molar-refractivity contribution is 7.13. The molecule has 5 heteroatoms. The predicted octanol–water partition coefficient (Wildman–Crippen LogP) is 2.29. The Kier molecular flexibility index (Phi) is 5.81. The first kappa shape index (κ1) is 15.7. The van der Waals surface area contributed by atoms with Crippen molar-refractivity contribution in [2.24, 2.45) is 5.41 Å². The van der Waals surface area contributed by atoms with E-state index in [9.17, 15) is 0 Å². The van der Waals surface area contributed by atoms with Gasteiger partial charge < -0.3 is 10.2 Å². The minimum absolute atomic E-state index is 0.396. The summed E-state index contributed by atoms with van der Waals surface area (Å²) in [7, 11) is 2.06. The third kappa shape index (κ3) is 4.17. The van der Waals surface area contributed by atoms with E-state index in [-0.39, 0.29) is 0 Å². The van der Waals surface area contributed by atoms with Crippen LogP contribution in [0.4, 0.5) is 5.13 Å². The van der Waals surface area contributed by atoms with Crippen molar-refractivity contribution < 1.29 is 0 Å². The normalized spacial score (nSPS) is 20.1. The van der Waals surface area contributed by atoms with Crippen LogP contribution in [0.15, 0.2) is 11.6 Å². The van der Waals surface area contributed by atoms with Crippen molar-refractivity contribution in [3.8, 4) is 0 Å². The third-order valence-electron chi connectivity index (χ3n) is 4.12. The van der Waals surface area contributed by atoms with Gasteiger partial charge in [-0.05, 0) is 18.9 Å². The van der Waals surface area contributed by atoms with Crippen LogP contribution in [0.3, 0.4) is 0 Å². The molecular formula is C15H28N4S. The fraction of sp³-hybridized carbons (Fsp3) is 0.800. The molecule has 1 atom stereocenters. The number of hydrogen-bond acceptors (Lipinski definition) is 5. The van der Waals surface area contributed by atoms with Crippen molar-refractivity contribution >= 4 is 16.5 Å². The molecule has 1 aromatic rings. The molecule has 0 radical (unpaired) electrons. The summed E-state index contributed by atoms with van der Waals surface area (Å²) < 4.78 is 0. The second kappa shape index (κ2) is 7.38. The number of thiazole rings is 1. The molecule has 1 aliphatic heterocycles. The largest absolute Gasteiger partial charge is 0.346 e. The molecule has 1 N–H and O–H groups in total. The first-order valence-electron chi connectivity index (χ1n) is 7.68. The minimum Gasteiger partial charge on any atom is -0.346 e. The Morgan fingerprint density at radius 2 is 2.10 bits per heavy atom. The first-order valence-corrected chi connectivity index (χ1v) is 8.56. The Morgan fingerprint density at radius 1 is 1.35 bits per heavy atom. The van der Waals surface area contributed by atoms with Crippen LogP contribution in [0.2, 0.25) is 0 Å². The Labute approximate surface area is 127 Å². The van der Waals surface area contributed by atoms with E-state index in [0.29, 0.717) is 5.41 Å². The molecule has 0 spiro atoms. The van der Waals surface area contributed by atoms with Crippen LogP contribution in [0.25, 0.3) is 0 Å². The van der Waals surface area contributed by atoms with E-state index in [1.54, 1.807) is 11.3 Å². The van der Waals surface area contributed by atoms with Gasteiger partial charge in [0.05, 0.1) is 0 Å². The van der Waals surface area contributed by atoms with Crippen molar-refractivity contribution in [3.05, 3.63) is 11.6 Å². The third-order valence-corrected chi connectivity index (χ3v) is 4.96. The molecule has 4 nitrogen and oxygen atoms in total. The number of hydrogen-bond donors (Lipinski definition) is 1. The summed E-state index contributed by atoms with van der Waals surface area (Å²) in [6.07, 6.45) is 4.45. The molecule has 20 heavy (non-hydrogen) atoms. The SMILES string of the molecule is CCCC(C)(CNC)CN1CCN(c2nccs2)CC1. The van der Waals surface area contributed by atoms with Gasteiger partial charge in [0, 0.05) is 50.8 Å². The zero-order chi connectivity index (χ0) is 14.4. The molecule has 1 saturated heterocycles. The van der Waals surface area contributed by atoms with Gasteiger partial charge in [-0.2, -0.15) is 0 Å². The molecule has 1 unspecified atom stereocenters. The van der Waals surface area contributed by atoms with Crippen molar-refractivity contribution in [3.63, 3.8) is 0 Å². The van der Waals surface area contributed by atoms with Gasteiger partial charge in [0.15, 0.2) is 5.13 Å². The standard InChI is InChI=1S/C15H28N4S/c1-4-5-15(2,12-16-3)13-18-7-9-19(10-8-18)14-17-6-11-20-14/h6,11,16H,4-5,7-10,12-13H2,1-3H3. The lowest BCUT2D eigenvalue weighted by atomic mass is 9.84.